The van der Waals surface area contributed by atoms with E-state index < -0.39 is 14.3 Å². The number of rotatable bonds is 2. The molecule has 21 heavy (non-hydrogen) atoms. The molecule has 3 rings (SSSR count). The second-order valence-corrected chi connectivity index (χ2v) is 8.29. The largest absolute Gasteiger partial charge is 0.270 e. The fraction of sp³-hybridized carbons (Fsp3) is 0.222. The normalized spacial score (nSPS) is 16.4. The number of carbonyl (C=O) groups excluding carboxylic acids is 1. The van der Waals surface area contributed by atoms with Gasteiger partial charge in [-0.3, -0.25) is 10.5 Å². The van der Waals surface area contributed by atoms with E-state index in [0.29, 0.717) is 5.57 Å². The minimum atomic E-state index is -0.665. The zero-order valence-electron chi connectivity index (χ0n) is 12.4. The molecule has 0 bridgehead atoms. The van der Waals surface area contributed by atoms with Crippen LogP contribution in [-0.2, 0) is 11.2 Å². The molecule has 2 aliphatic carbocycles. The van der Waals surface area contributed by atoms with Gasteiger partial charge >= 0.3 is 0 Å². The Morgan fingerprint density at radius 2 is 1.90 bits per heavy atom. The topological polar surface area (TPSA) is 40.9 Å². The van der Waals surface area contributed by atoms with E-state index in [1.165, 1.54) is 16.3 Å². The maximum absolute atomic E-state index is 11.8. The van der Waals surface area contributed by atoms with Crippen LogP contribution < -0.4 is 5.73 Å². The first-order valence-corrected chi connectivity index (χ1v) is 9.72. The summed E-state index contributed by atoms with van der Waals surface area (Å²) < 4.78 is 0. The lowest BCUT2D eigenvalue weighted by molar-refractivity contribution is -0.114. The average molecular weight is 292 g/mol. The highest BCUT2D eigenvalue weighted by molar-refractivity contribution is 6.77. The number of benzene rings is 1. The van der Waals surface area contributed by atoms with Crippen molar-refractivity contribution in [1.82, 2.24) is 5.73 Å². The van der Waals surface area contributed by atoms with Crippen molar-refractivity contribution in [3.05, 3.63) is 58.7 Å². The van der Waals surface area contributed by atoms with Gasteiger partial charge in [-0.2, -0.15) is 0 Å². The van der Waals surface area contributed by atoms with E-state index in [1.807, 2.05) is 12.2 Å². The molecule has 0 saturated heterocycles. The van der Waals surface area contributed by atoms with Crippen molar-refractivity contribution in [1.29, 1.82) is 0 Å². The number of fused-ring (bicyclic) bond motifs is 1. The quantitative estimate of drug-likeness (QED) is 0.771. The summed E-state index contributed by atoms with van der Waals surface area (Å²) in [6.45, 7) is 4.51. The summed E-state index contributed by atoms with van der Waals surface area (Å²) in [5, 5.41) is 1.35. The summed E-state index contributed by atoms with van der Waals surface area (Å²) in [6, 6.07) is 6.30. The van der Waals surface area contributed by atoms with Crippen molar-refractivity contribution in [2.24, 2.45) is 0 Å². The Bertz CT molecular complexity index is 746. The number of hydrogen-bond donors (Lipinski definition) is 0. The van der Waals surface area contributed by atoms with Crippen molar-refractivity contribution in [3.8, 4) is 0 Å². The van der Waals surface area contributed by atoms with Crippen LogP contribution in [0, 0.1) is 0 Å². The molecule has 1 N–H and O–H groups in total. The van der Waals surface area contributed by atoms with Gasteiger partial charge in [-0.25, -0.2) is 0 Å². The van der Waals surface area contributed by atoms with Crippen molar-refractivity contribution < 1.29 is 4.79 Å². The third-order valence-electron chi connectivity index (χ3n) is 4.11. The van der Waals surface area contributed by atoms with Gasteiger partial charge in [0.2, 0.25) is 0 Å². The van der Waals surface area contributed by atoms with E-state index in [-0.39, 0.29) is 0 Å². The van der Waals surface area contributed by atoms with Gasteiger partial charge in [-0.05, 0) is 35.1 Å². The Hall–Kier alpha value is -2.00. The van der Waals surface area contributed by atoms with Crippen LogP contribution in [0.3, 0.4) is 0 Å². The average Bonchev–Trinajstić information content (AvgIpc) is 2.94. The van der Waals surface area contributed by atoms with Crippen molar-refractivity contribution in [2.45, 2.75) is 25.9 Å². The van der Waals surface area contributed by atoms with Crippen LogP contribution in [0.15, 0.2) is 42.0 Å². The fourth-order valence-corrected chi connectivity index (χ4v) is 4.40. The molecule has 2 nitrogen and oxygen atoms in total. The standard InChI is InChI=1S/C18H18NOSi/c1-21(2)16-11-5-10-15(18(19)20)17(16)14-9-4-7-12-6-3-8-13(12)14/h3-5,7-10,19H,6,11H2,1-2H3. The van der Waals surface area contributed by atoms with Gasteiger partial charge in [0, 0.05) is 14.0 Å². The van der Waals surface area contributed by atoms with Crippen LogP contribution in [0.1, 0.15) is 23.1 Å². The fourth-order valence-electron chi connectivity index (χ4n) is 3.10. The summed E-state index contributed by atoms with van der Waals surface area (Å²) in [5.41, 5.74) is 12.9. The van der Waals surface area contributed by atoms with Crippen molar-refractivity contribution >= 4 is 31.1 Å². The zero-order chi connectivity index (χ0) is 15.0. The Labute approximate surface area is 126 Å². The first-order chi connectivity index (χ1) is 10.1. The van der Waals surface area contributed by atoms with E-state index >= 15 is 0 Å². The smallest absolute Gasteiger partial charge is 0.267 e. The molecule has 0 aromatic heterocycles. The minimum absolute atomic E-state index is 0.552. The van der Waals surface area contributed by atoms with E-state index in [4.69, 9.17) is 5.73 Å². The van der Waals surface area contributed by atoms with Crippen LogP contribution in [-0.4, -0.2) is 19.5 Å². The SMILES string of the molecule is C[Si](C)=C1CC=CC(C([NH])=O)=C1c1cccc2c1C=CC2. The van der Waals surface area contributed by atoms with Crippen molar-refractivity contribution in [3.63, 3.8) is 0 Å². The molecular formula is C18H18NOSi. The predicted octanol–water partition coefficient (Wildman–Crippen LogP) is 3.29. The summed E-state index contributed by atoms with van der Waals surface area (Å²) in [6.07, 6.45) is 10.0. The zero-order valence-corrected chi connectivity index (χ0v) is 13.4. The molecule has 1 aromatic carbocycles. The number of hydrogen-bond acceptors (Lipinski definition) is 1. The van der Waals surface area contributed by atoms with Gasteiger partial charge in [0.05, 0.1) is 0 Å². The third-order valence-corrected chi connectivity index (χ3v) is 5.78. The lowest BCUT2D eigenvalue weighted by Gasteiger charge is -2.21. The summed E-state index contributed by atoms with van der Waals surface area (Å²) >= 11 is 0. The molecule has 0 fully saturated rings. The summed E-state index contributed by atoms with van der Waals surface area (Å²) in [7, 11) is -0.665. The highest BCUT2D eigenvalue weighted by atomic mass is 28.2. The number of carbonyl (C=O) groups is 1. The first kappa shape index (κ1) is 14.0. The van der Waals surface area contributed by atoms with E-state index in [0.717, 1.165) is 24.0 Å². The lowest BCUT2D eigenvalue weighted by Crippen LogP contribution is -2.19. The Kier molecular flexibility index (Phi) is 3.60. The number of nitrogens with one attached hydrogen (secondary N) is 1. The maximum Gasteiger partial charge on any atom is 0.270 e. The molecular weight excluding hydrogens is 274 g/mol. The molecule has 1 radical (unpaired) electrons. The van der Waals surface area contributed by atoms with E-state index in [2.05, 4.69) is 43.4 Å². The Morgan fingerprint density at radius 3 is 2.62 bits per heavy atom. The van der Waals surface area contributed by atoms with Crippen LogP contribution in [0.5, 0.6) is 0 Å². The molecule has 0 saturated carbocycles. The Morgan fingerprint density at radius 1 is 1.14 bits per heavy atom. The van der Waals surface area contributed by atoms with Crippen LogP contribution in [0.2, 0.25) is 13.1 Å². The molecule has 0 aliphatic heterocycles. The predicted molar refractivity (Wildman–Crippen MR) is 90.4 cm³/mol. The highest BCUT2D eigenvalue weighted by Crippen LogP contribution is 2.33. The number of amides is 1. The van der Waals surface area contributed by atoms with Crippen molar-refractivity contribution in [2.75, 3.05) is 0 Å². The molecule has 0 heterocycles. The van der Waals surface area contributed by atoms with E-state index in [1.54, 1.807) is 0 Å². The van der Waals surface area contributed by atoms with Gasteiger partial charge in [0.25, 0.3) is 5.91 Å². The number of allylic oxidation sites excluding steroid dienone is 3. The molecule has 0 unspecified atom stereocenters. The molecule has 0 atom stereocenters. The van der Waals surface area contributed by atoms with E-state index in [9.17, 15) is 4.79 Å². The lowest BCUT2D eigenvalue weighted by atomic mass is 9.87. The van der Waals surface area contributed by atoms with Gasteiger partial charge in [-0.15, -0.1) is 0 Å². The minimum Gasteiger partial charge on any atom is -0.267 e. The van der Waals surface area contributed by atoms with Gasteiger partial charge in [0.1, 0.15) is 0 Å². The highest BCUT2D eigenvalue weighted by Gasteiger charge is 2.23. The molecule has 1 aromatic rings. The van der Waals surface area contributed by atoms with Gasteiger partial charge < -0.3 is 0 Å². The van der Waals surface area contributed by atoms with Crippen LogP contribution in [0.4, 0.5) is 0 Å². The summed E-state index contributed by atoms with van der Waals surface area (Å²) in [4.78, 5) is 11.8. The third kappa shape index (κ3) is 2.38. The maximum atomic E-state index is 11.8. The second kappa shape index (κ2) is 5.41. The molecule has 3 heteroatoms. The van der Waals surface area contributed by atoms with Crippen LogP contribution in [0.25, 0.3) is 11.6 Å². The van der Waals surface area contributed by atoms with Gasteiger partial charge in [-0.1, -0.05) is 60.8 Å². The second-order valence-electron chi connectivity index (χ2n) is 5.69. The summed E-state index contributed by atoms with van der Waals surface area (Å²) in [5.74, 6) is -0.582. The molecule has 0 spiro atoms. The van der Waals surface area contributed by atoms with Gasteiger partial charge in [0.15, 0.2) is 0 Å². The molecule has 2 aliphatic rings. The van der Waals surface area contributed by atoms with Crippen LogP contribution >= 0.6 is 0 Å². The Balaban J connectivity index is 2.33. The molecule has 105 valence electrons. The first-order valence-electron chi connectivity index (χ1n) is 7.22. The molecule has 1 amide bonds. The monoisotopic (exact) mass is 292 g/mol.